The number of anilines is 1. The molecule has 0 aliphatic heterocycles. The van der Waals surface area contributed by atoms with Gasteiger partial charge in [0.15, 0.2) is 0 Å². The average molecular weight is 260 g/mol. The molecule has 0 aliphatic rings. The van der Waals surface area contributed by atoms with Crippen molar-refractivity contribution in [2.45, 2.75) is 19.9 Å². The van der Waals surface area contributed by atoms with E-state index < -0.39 is 5.97 Å². The predicted molar refractivity (Wildman–Crippen MR) is 71.3 cm³/mol. The Morgan fingerprint density at radius 2 is 2.32 bits per heavy atom. The molecule has 0 atom stereocenters. The molecule has 0 amide bonds. The molecule has 0 saturated carbocycles. The van der Waals surface area contributed by atoms with E-state index in [9.17, 15) is 4.79 Å². The van der Waals surface area contributed by atoms with Crippen LogP contribution in [0.15, 0.2) is 30.6 Å². The number of rotatable bonds is 6. The lowest BCUT2D eigenvalue weighted by molar-refractivity contribution is 0.0698. The van der Waals surface area contributed by atoms with Crippen LogP contribution in [0.3, 0.4) is 0 Å². The summed E-state index contributed by atoms with van der Waals surface area (Å²) in [6.07, 6.45) is 4.28. The summed E-state index contributed by atoms with van der Waals surface area (Å²) in [6.45, 7) is 3.31. The van der Waals surface area contributed by atoms with Gasteiger partial charge in [0, 0.05) is 25.0 Å². The van der Waals surface area contributed by atoms with Crippen LogP contribution in [0, 0.1) is 6.92 Å². The van der Waals surface area contributed by atoms with Crippen molar-refractivity contribution in [2.24, 2.45) is 0 Å². The first-order chi connectivity index (χ1) is 9.16. The molecule has 1 heterocycles. The van der Waals surface area contributed by atoms with E-state index in [4.69, 9.17) is 5.11 Å². The minimum atomic E-state index is -0.914. The fourth-order valence-electron chi connectivity index (χ4n) is 1.81. The van der Waals surface area contributed by atoms with E-state index >= 15 is 0 Å². The Morgan fingerprint density at radius 3 is 3.00 bits per heavy atom. The summed E-state index contributed by atoms with van der Waals surface area (Å²) in [5, 5.41) is 19.9. The van der Waals surface area contributed by atoms with Crippen molar-refractivity contribution in [3.05, 3.63) is 41.7 Å². The van der Waals surface area contributed by atoms with Crippen molar-refractivity contribution >= 4 is 11.7 Å². The zero-order valence-corrected chi connectivity index (χ0v) is 10.7. The minimum Gasteiger partial charge on any atom is -0.478 e. The summed E-state index contributed by atoms with van der Waals surface area (Å²) < 4.78 is 1.74. The van der Waals surface area contributed by atoms with E-state index in [0.29, 0.717) is 17.8 Å². The average Bonchev–Trinajstić information content (AvgIpc) is 2.89. The van der Waals surface area contributed by atoms with Crippen LogP contribution < -0.4 is 5.32 Å². The Bertz CT molecular complexity index is 552. The van der Waals surface area contributed by atoms with E-state index in [1.165, 1.54) is 0 Å². The lowest BCUT2D eigenvalue weighted by Crippen LogP contribution is -2.10. The summed E-state index contributed by atoms with van der Waals surface area (Å²) in [5.74, 6) is -0.914. The molecule has 6 heteroatoms. The number of hydrogen-bond donors (Lipinski definition) is 2. The fraction of sp³-hybridized carbons (Fsp3) is 0.308. The third-order valence-corrected chi connectivity index (χ3v) is 2.76. The van der Waals surface area contributed by atoms with Crippen molar-refractivity contribution in [3.8, 4) is 0 Å². The Labute approximate surface area is 111 Å². The monoisotopic (exact) mass is 260 g/mol. The first-order valence-electron chi connectivity index (χ1n) is 6.09. The van der Waals surface area contributed by atoms with Gasteiger partial charge in [-0.25, -0.2) is 4.79 Å². The zero-order valence-electron chi connectivity index (χ0n) is 10.7. The van der Waals surface area contributed by atoms with Crippen molar-refractivity contribution in [1.29, 1.82) is 0 Å². The maximum absolute atomic E-state index is 11.1. The van der Waals surface area contributed by atoms with Gasteiger partial charge in [-0.1, -0.05) is 16.8 Å². The van der Waals surface area contributed by atoms with E-state index in [1.807, 2.05) is 13.0 Å². The summed E-state index contributed by atoms with van der Waals surface area (Å²) in [4.78, 5) is 11.1. The van der Waals surface area contributed by atoms with Gasteiger partial charge in [0.1, 0.15) is 0 Å². The number of carboxylic acids is 1. The number of nitrogens with zero attached hydrogens (tertiary/aromatic N) is 3. The normalized spacial score (nSPS) is 10.4. The van der Waals surface area contributed by atoms with Crippen molar-refractivity contribution in [1.82, 2.24) is 15.0 Å². The molecular weight excluding hydrogens is 244 g/mol. The third-order valence-electron chi connectivity index (χ3n) is 2.76. The van der Waals surface area contributed by atoms with Crippen molar-refractivity contribution < 1.29 is 9.90 Å². The molecule has 2 rings (SSSR count). The number of hydrogen-bond acceptors (Lipinski definition) is 4. The lowest BCUT2D eigenvalue weighted by atomic mass is 10.1. The molecule has 19 heavy (non-hydrogen) atoms. The number of aryl methyl sites for hydroxylation is 2. The van der Waals surface area contributed by atoms with Crippen LogP contribution in [-0.4, -0.2) is 32.6 Å². The number of aromatic carboxylic acids is 1. The molecule has 0 fully saturated rings. The molecule has 1 aromatic carbocycles. The number of benzene rings is 1. The minimum absolute atomic E-state index is 0.306. The quantitative estimate of drug-likeness (QED) is 0.774. The van der Waals surface area contributed by atoms with E-state index in [0.717, 1.165) is 18.5 Å². The maximum Gasteiger partial charge on any atom is 0.337 e. The van der Waals surface area contributed by atoms with Crippen LogP contribution in [-0.2, 0) is 6.54 Å². The lowest BCUT2D eigenvalue weighted by Gasteiger charge is -2.10. The Kier molecular flexibility index (Phi) is 4.12. The Hall–Kier alpha value is -2.37. The summed E-state index contributed by atoms with van der Waals surface area (Å²) in [6, 6.07) is 5.36. The molecule has 2 N–H and O–H groups in total. The van der Waals surface area contributed by atoms with Gasteiger partial charge >= 0.3 is 5.97 Å². The highest BCUT2D eigenvalue weighted by molar-refractivity contribution is 5.94. The van der Waals surface area contributed by atoms with Crippen LogP contribution in [0.4, 0.5) is 5.69 Å². The maximum atomic E-state index is 11.1. The standard InChI is InChI=1S/C13H16N4O2/c1-10-3-4-12(11(9-10)13(18)19)14-5-2-7-17-8-6-15-16-17/h3-4,6,8-9,14H,2,5,7H2,1H3,(H,18,19). The van der Waals surface area contributed by atoms with Gasteiger partial charge in [0.25, 0.3) is 0 Å². The predicted octanol–water partition coefficient (Wildman–Crippen LogP) is 1.79. The second-order valence-corrected chi connectivity index (χ2v) is 4.30. The molecule has 0 bridgehead atoms. The summed E-state index contributed by atoms with van der Waals surface area (Å²) in [7, 11) is 0. The van der Waals surface area contributed by atoms with Crippen molar-refractivity contribution in [2.75, 3.05) is 11.9 Å². The molecule has 0 spiro atoms. The molecule has 0 unspecified atom stereocenters. The Morgan fingerprint density at radius 1 is 1.47 bits per heavy atom. The first kappa shape index (κ1) is 13.1. The van der Waals surface area contributed by atoms with Crippen LogP contribution >= 0.6 is 0 Å². The van der Waals surface area contributed by atoms with E-state index in [1.54, 1.807) is 29.2 Å². The van der Waals surface area contributed by atoms with Gasteiger partial charge in [-0.2, -0.15) is 0 Å². The molecule has 0 saturated heterocycles. The molecule has 6 nitrogen and oxygen atoms in total. The van der Waals surface area contributed by atoms with Crippen LogP contribution in [0.1, 0.15) is 22.3 Å². The molecule has 0 aliphatic carbocycles. The largest absolute Gasteiger partial charge is 0.478 e. The number of carboxylic acid groups (broad SMARTS) is 1. The summed E-state index contributed by atoms with van der Waals surface area (Å²) in [5.41, 5.74) is 1.89. The molecule has 2 aromatic rings. The first-order valence-corrected chi connectivity index (χ1v) is 6.09. The zero-order chi connectivity index (χ0) is 13.7. The van der Waals surface area contributed by atoms with Crippen LogP contribution in [0.25, 0.3) is 0 Å². The highest BCUT2D eigenvalue weighted by atomic mass is 16.4. The fourth-order valence-corrected chi connectivity index (χ4v) is 1.81. The molecule has 0 radical (unpaired) electrons. The van der Waals surface area contributed by atoms with E-state index in [-0.39, 0.29) is 0 Å². The van der Waals surface area contributed by atoms with Crippen LogP contribution in [0.2, 0.25) is 0 Å². The highest BCUT2D eigenvalue weighted by Gasteiger charge is 2.09. The van der Waals surface area contributed by atoms with Gasteiger partial charge in [-0.15, -0.1) is 5.10 Å². The third kappa shape index (κ3) is 3.54. The van der Waals surface area contributed by atoms with Crippen molar-refractivity contribution in [3.63, 3.8) is 0 Å². The topological polar surface area (TPSA) is 80.0 Å². The van der Waals surface area contributed by atoms with E-state index in [2.05, 4.69) is 15.6 Å². The number of carbonyl (C=O) groups is 1. The number of nitrogens with one attached hydrogen (secondary N) is 1. The number of aromatic nitrogens is 3. The van der Waals surface area contributed by atoms with Gasteiger partial charge in [0.05, 0.1) is 11.8 Å². The summed E-state index contributed by atoms with van der Waals surface area (Å²) >= 11 is 0. The van der Waals surface area contributed by atoms with Gasteiger partial charge in [0.2, 0.25) is 0 Å². The molecular formula is C13H16N4O2. The van der Waals surface area contributed by atoms with Crippen LogP contribution in [0.5, 0.6) is 0 Å². The van der Waals surface area contributed by atoms with Gasteiger partial charge in [-0.3, -0.25) is 4.68 Å². The van der Waals surface area contributed by atoms with Gasteiger partial charge < -0.3 is 10.4 Å². The molecule has 1 aromatic heterocycles. The van der Waals surface area contributed by atoms with Gasteiger partial charge in [-0.05, 0) is 25.5 Å². The smallest absolute Gasteiger partial charge is 0.337 e. The molecule has 100 valence electrons. The Balaban J connectivity index is 1.90. The highest BCUT2D eigenvalue weighted by Crippen LogP contribution is 2.17. The second-order valence-electron chi connectivity index (χ2n) is 4.30. The second kappa shape index (κ2) is 5.99. The SMILES string of the molecule is Cc1ccc(NCCCn2ccnn2)c(C(=O)O)c1.